The van der Waals surface area contributed by atoms with Crippen LogP contribution in [0.15, 0.2) is 23.1 Å². The smallest absolute Gasteiger partial charge is 0.177 e. The summed E-state index contributed by atoms with van der Waals surface area (Å²) < 4.78 is 28.6. The standard InChI is InChI=1S/C12H18N2O3S/c1-18(15,16)11-5-2-4-10(12(11)13)14-6-3-8-17-9-7-14/h2,4-5H,3,6-9,13H2,1H3. The second-order valence-corrected chi connectivity index (χ2v) is 6.40. The number of hydrogen-bond donors (Lipinski definition) is 1. The van der Waals surface area contributed by atoms with Crippen molar-refractivity contribution in [3.63, 3.8) is 0 Å². The van der Waals surface area contributed by atoms with Crippen molar-refractivity contribution in [3.05, 3.63) is 18.2 Å². The van der Waals surface area contributed by atoms with E-state index in [1.165, 1.54) is 6.26 Å². The molecule has 0 amide bonds. The summed E-state index contributed by atoms with van der Waals surface area (Å²) in [5, 5.41) is 0. The summed E-state index contributed by atoms with van der Waals surface area (Å²) in [6, 6.07) is 5.13. The molecule has 0 radical (unpaired) electrons. The third-order valence-electron chi connectivity index (χ3n) is 3.01. The number of benzene rings is 1. The molecule has 1 fully saturated rings. The number of hydrogen-bond acceptors (Lipinski definition) is 5. The highest BCUT2D eigenvalue weighted by Crippen LogP contribution is 2.30. The van der Waals surface area contributed by atoms with Crippen LogP contribution in [-0.4, -0.2) is 41.0 Å². The van der Waals surface area contributed by atoms with Crippen LogP contribution in [-0.2, 0) is 14.6 Å². The van der Waals surface area contributed by atoms with Gasteiger partial charge in [-0.25, -0.2) is 8.42 Å². The minimum Gasteiger partial charge on any atom is -0.396 e. The maximum Gasteiger partial charge on any atom is 0.177 e. The van der Waals surface area contributed by atoms with Crippen molar-refractivity contribution in [2.24, 2.45) is 0 Å². The quantitative estimate of drug-likeness (QED) is 0.808. The largest absolute Gasteiger partial charge is 0.396 e. The molecule has 100 valence electrons. The van der Waals surface area contributed by atoms with E-state index in [2.05, 4.69) is 4.90 Å². The minimum atomic E-state index is -3.29. The summed E-state index contributed by atoms with van der Waals surface area (Å²) in [6.45, 7) is 2.94. The van der Waals surface area contributed by atoms with Gasteiger partial charge in [0, 0.05) is 26.0 Å². The Morgan fingerprint density at radius 3 is 2.78 bits per heavy atom. The lowest BCUT2D eigenvalue weighted by Gasteiger charge is -2.24. The molecule has 2 rings (SSSR count). The molecule has 0 atom stereocenters. The van der Waals surface area contributed by atoms with Gasteiger partial charge in [0.2, 0.25) is 0 Å². The first-order valence-electron chi connectivity index (χ1n) is 5.91. The Balaban J connectivity index is 2.39. The average molecular weight is 270 g/mol. The number of ether oxygens (including phenoxy) is 1. The van der Waals surface area contributed by atoms with E-state index in [1.807, 2.05) is 6.07 Å². The Morgan fingerprint density at radius 2 is 2.06 bits per heavy atom. The molecule has 0 aromatic heterocycles. The highest BCUT2D eigenvalue weighted by Gasteiger charge is 2.18. The van der Waals surface area contributed by atoms with Crippen LogP contribution in [0.3, 0.4) is 0 Å². The van der Waals surface area contributed by atoms with E-state index in [4.69, 9.17) is 10.5 Å². The van der Waals surface area contributed by atoms with Crippen LogP contribution < -0.4 is 10.6 Å². The van der Waals surface area contributed by atoms with Crippen molar-refractivity contribution >= 4 is 21.2 Å². The fraction of sp³-hybridized carbons (Fsp3) is 0.500. The molecule has 1 heterocycles. The predicted molar refractivity (Wildman–Crippen MR) is 71.6 cm³/mol. The van der Waals surface area contributed by atoms with Crippen molar-refractivity contribution in [1.82, 2.24) is 0 Å². The maximum absolute atomic E-state index is 11.6. The van der Waals surface area contributed by atoms with E-state index in [9.17, 15) is 8.42 Å². The zero-order chi connectivity index (χ0) is 13.2. The topological polar surface area (TPSA) is 72.6 Å². The highest BCUT2D eigenvalue weighted by molar-refractivity contribution is 7.90. The van der Waals surface area contributed by atoms with Gasteiger partial charge in [-0.3, -0.25) is 0 Å². The summed E-state index contributed by atoms with van der Waals surface area (Å²) in [5.74, 6) is 0. The molecule has 0 bridgehead atoms. The van der Waals surface area contributed by atoms with Gasteiger partial charge in [0.1, 0.15) is 0 Å². The molecule has 5 nitrogen and oxygen atoms in total. The van der Waals surface area contributed by atoms with Crippen molar-refractivity contribution in [2.45, 2.75) is 11.3 Å². The van der Waals surface area contributed by atoms with Crippen molar-refractivity contribution in [2.75, 3.05) is 43.2 Å². The predicted octanol–water partition coefficient (Wildman–Crippen LogP) is 0.899. The van der Waals surface area contributed by atoms with E-state index >= 15 is 0 Å². The summed E-state index contributed by atoms with van der Waals surface area (Å²) in [6.07, 6.45) is 2.09. The number of anilines is 2. The Morgan fingerprint density at radius 1 is 1.28 bits per heavy atom. The van der Waals surface area contributed by atoms with E-state index in [1.54, 1.807) is 12.1 Å². The second kappa shape index (κ2) is 5.16. The summed E-state index contributed by atoms with van der Waals surface area (Å²) in [5.41, 5.74) is 7.11. The van der Waals surface area contributed by atoms with Crippen LogP contribution >= 0.6 is 0 Å². The van der Waals surface area contributed by atoms with E-state index in [0.29, 0.717) is 12.3 Å². The monoisotopic (exact) mass is 270 g/mol. The molecule has 1 aliphatic rings. The zero-order valence-electron chi connectivity index (χ0n) is 10.4. The number of nitrogens with two attached hydrogens (primary N) is 1. The first kappa shape index (κ1) is 13.2. The van der Waals surface area contributed by atoms with Crippen LogP contribution in [0, 0.1) is 0 Å². The Labute approximate surface area is 107 Å². The lowest BCUT2D eigenvalue weighted by molar-refractivity contribution is 0.152. The molecule has 6 heteroatoms. The van der Waals surface area contributed by atoms with Gasteiger partial charge >= 0.3 is 0 Å². The molecular weight excluding hydrogens is 252 g/mol. The van der Waals surface area contributed by atoms with Crippen molar-refractivity contribution in [3.8, 4) is 0 Å². The summed E-state index contributed by atoms with van der Waals surface area (Å²) in [7, 11) is -3.29. The normalized spacial score (nSPS) is 17.5. The first-order valence-corrected chi connectivity index (χ1v) is 7.80. The molecular formula is C12H18N2O3S. The third-order valence-corrected chi connectivity index (χ3v) is 4.16. The molecule has 0 unspecified atom stereocenters. The van der Waals surface area contributed by atoms with Crippen molar-refractivity contribution in [1.29, 1.82) is 0 Å². The fourth-order valence-corrected chi connectivity index (χ4v) is 2.95. The van der Waals surface area contributed by atoms with Gasteiger partial charge in [-0.1, -0.05) is 6.07 Å². The molecule has 0 aliphatic carbocycles. The molecule has 1 aromatic carbocycles. The zero-order valence-corrected chi connectivity index (χ0v) is 11.2. The molecule has 1 aromatic rings. The molecule has 18 heavy (non-hydrogen) atoms. The van der Waals surface area contributed by atoms with Gasteiger partial charge in [0.15, 0.2) is 9.84 Å². The number of sulfone groups is 1. The maximum atomic E-state index is 11.6. The molecule has 1 aliphatic heterocycles. The Hall–Kier alpha value is -1.27. The summed E-state index contributed by atoms with van der Waals surface area (Å²) >= 11 is 0. The van der Waals surface area contributed by atoms with Crippen LogP contribution in [0.25, 0.3) is 0 Å². The first-order chi connectivity index (χ1) is 8.50. The summed E-state index contributed by atoms with van der Waals surface area (Å²) in [4.78, 5) is 2.28. The average Bonchev–Trinajstić information content (AvgIpc) is 2.56. The number of nitrogens with zero attached hydrogens (tertiary/aromatic N) is 1. The number of nitrogen functional groups attached to an aromatic ring is 1. The molecule has 0 spiro atoms. The van der Waals surface area contributed by atoms with E-state index < -0.39 is 9.84 Å². The van der Waals surface area contributed by atoms with E-state index in [0.717, 1.165) is 31.8 Å². The second-order valence-electron chi connectivity index (χ2n) is 4.41. The SMILES string of the molecule is CS(=O)(=O)c1cccc(N2CCCOCC2)c1N. The van der Waals surface area contributed by atoms with Gasteiger partial charge in [-0.15, -0.1) is 0 Å². The number of para-hydroxylation sites is 1. The lowest BCUT2D eigenvalue weighted by Crippen LogP contribution is -2.27. The van der Waals surface area contributed by atoms with Gasteiger partial charge in [-0.2, -0.15) is 0 Å². The minimum absolute atomic E-state index is 0.199. The Kier molecular flexibility index (Phi) is 3.77. The molecule has 0 saturated carbocycles. The van der Waals surface area contributed by atoms with Crippen molar-refractivity contribution < 1.29 is 13.2 Å². The third kappa shape index (κ3) is 2.76. The van der Waals surface area contributed by atoms with E-state index in [-0.39, 0.29) is 4.90 Å². The van der Waals surface area contributed by atoms with Crippen LogP contribution in [0.4, 0.5) is 11.4 Å². The molecule has 2 N–H and O–H groups in total. The highest BCUT2D eigenvalue weighted by atomic mass is 32.2. The fourth-order valence-electron chi connectivity index (χ4n) is 2.12. The van der Waals surface area contributed by atoms with Crippen LogP contribution in [0.1, 0.15) is 6.42 Å². The molecule has 1 saturated heterocycles. The number of rotatable bonds is 2. The Bertz CT molecular complexity index is 520. The van der Waals surface area contributed by atoms with Gasteiger partial charge in [0.05, 0.1) is 22.9 Å². The van der Waals surface area contributed by atoms with Crippen LogP contribution in [0.5, 0.6) is 0 Å². The lowest BCUT2D eigenvalue weighted by atomic mass is 10.2. The van der Waals surface area contributed by atoms with Crippen LogP contribution in [0.2, 0.25) is 0 Å². The van der Waals surface area contributed by atoms with Gasteiger partial charge in [0.25, 0.3) is 0 Å². The van der Waals surface area contributed by atoms with Gasteiger partial charge in [-0.05, 0) is 18.6 Å². The van der Waals surface area contributed by atoms with Gasteiger partial charge < -0.3 is 15.4 Å².